The molecule has 0 fully saturated rings. The Morgan fingerprint density at radius 2 is 2.17 bits per heavy atom. The van der Waals surface area contributed by atoms with E-state index in [1.807, 2.05) is 0 Å². The lowest BCUT2D eigenvalue weighted by Gasteiger charge is -2.33. The molecule has 2 N–H and O–H groups in total. The molecule has 0 spiro atoms. The first-order chi connectivity index (χ1) is 10.9. The number of hydrogen-bond acceptors (Lipinski definition) is 4. The number of thiophene rings is 1. The fraction of sp³-hybridized carbons (Fsp3) is 0.667. The van der Waals surface area contributed by atoms with Gasteiger partial charge in [0.2, 0.25) is 0 Å². The van der Waals surface area contributed by atoms with Gasteiger partial charge in [-0.1, -0.05) is 27.7 Å². The molecule has 23 heavy (non-hydrogen) atoms. The number of aromatic amines is 1. The Hall–Kier alpha value is -1.20. The maximum atomic E-state index is 12.5. The second-order valence-corrected chi connectivity index (χ2v) is 8.76. The van der Waals surface area contributed by atoms with E-state index in [-0.39, 0.29) is 5.56 Å². The van der Waals surface area contributed by atoms with Gasteiger partial charge in [-0.05, 0) is 49.1 Å². The van der Waals surface area contributed by atoms with Crippen molar-refractivity contribution < 1.29 is 0 Å². The molecule has 0 bridgehead atoms. The second kappa shape index (κ2) is 6.36. The molecule has 3 rings (SSSR count). The van der Waals surface area contributed by atoms with Crippen LogP contribution in [0.4, 0.5) is 0 Å². The molecule has 1 atom stereocenters. The summed E-state index contributed by atoms with van der Waals surface area (Å²) in [5, 5.41) is 4.15. The number of fused-ring (bicyclic) bond motifs is 3. The van der Waals surface area contributed by atoms with Crippen LogP contribution in [0, 0.1) is 11.3 Å². The zero-order valence-corrected chi connectivity index (χ0v) is 15.4. The van der Waals surface area contributed by atoms with Gasteiger partial charge in [0, 0.05) is 4.88 Å². The van der Waals surface area contributed by atoms with E-state index in [1.54, 1.807) is 11.3 Å². The number of aromatic nitrogens is 2. The van der Waals surface area contributed by atoms with Crippen molar-refractivity contribution in [1.82, 2.24) is 15.3 Å². The van der Waals surface area contributed by atoms with Crippen LogP contribution in [0.25, 0.3) is 10.2 Å². The van der Waals surface area contributed by atoms with Crippen molar-refractivity contribution in [2.75, 3.05) is 6.54 Å². The Bertz CT molecular complexity index is 754. The van der Waals surface area contributed by atoms with E-state index in [1.165, 1.54) is 16.9 Å². The molecule has 4 nitrogen and oxygen atoms in total. The van der Waals surface area contributed by atoms with Crippen molar-refractivity contribution in [3.05, 3.63) is 26.6 Å². The molecular formula is C18H27N3OS. The highest BCUT2D eigenvalue weighted by Gasteiger charge is 2.31. The molecular weight excluding hydrogens is 306 g/mol. The molecule has 1 unspecified atom stereocenters. The van der Waals surface area contributed by atoms with Gasteiger partial charge < -0.3 is 10.3 Å². The molecule has 0 aliphatic heterocycles. The van der Waals surface area contributed by atoms with Crippen molar-refractivity contribution in [1.29, 1.82) is 0 Å². The van der Waals surface area contributed by atoms with Crippen LogP contribution in [-0.2, 0) is 19.4 Å². The molecule has 0 saturated carbocycles. The van der Waals surface area contributed by atoms with E-state index >= 15 is 0 Å². The van der Waals surface area contributed by atoms with Crippen LogP contribution < -0.4 is 10.9 Å². The average molecular weight is 334 g/mol. The van der Waals surface area contributed by atoms with Crippen molar-refractivity contribution in [2.45, 2.75) is 59.9 Å². The van der Waals surface area contributed by atoms with Crippen LogP contribution in [0.1, 0.15) is 56.8 Å². The molecule has 0 aromatic carbocycles. The summed E-state index contributed by atoms with van der Waals surface area (Å²) in [7, 11) is 0. The van der Waals surface area contributed by atoms with Gasteiger partial charge in [0.25, 0.3) is 5.56 Å². The minimum absolute atomic E-state index is 0.0370. The van der Waals surface area contributed by atoms with Crippen molar-refractivity contribution in [3.63, 3.8) is 0 Å². The first-order valence-corrected chi connectivity index (χ1v) is 9.46. The summed E-state index contributed by atoms with van der Waals surface area (Å²) in [5.74, 6) is 1.44. The number of H-pyrrole nitrogens is 1. The molecule has 1 aliphatic carbocycles. The summed E-state index contributed by atoms with van der Waals surface area (Å²) in [5.41, 5.74) is 1.62. The topological polar surface area (TPSA) is 57.8 Å². The molecule has 126 valence electrons. The largest absolute Gasteiger partial charge is 0.310 e. The Labute approximate surface area is 141 Å². The monoisotopic (exact) mass is 333 g/mol. The van der Waals surface area contributed by atoms with Gasteiger partial charge in [-0.3, -0.25) is 4.79 Å². The number of aryl methyl sites for hydroxylation is 1. The van der Waals surface area contributed by atoms with E-state index in [0.717, 1.165) is 41.8 Å². The average Bonchev–Trinajstić information content (AvgIpc) is 2.84. The third kappa shape index (κ3) is 3.36. The van der Waals surface area contributed by atoms with Gasteiger partial charge in [0.05, 0.1) is 11.9 Å². The third-order valence-electron chi connectivity index (χ3n) is 4.91. The van der Waals surface area contributed by atoms with E-state index in [0.29, 0.717) is 17.9 Å². The van der Waals surface area contributed by atoms with Crippen LogP contribution in [0.5, 0.6) is 0 Å². The lowest BCUT2D eigenvalue weighted by Crippen LogP contribution is -2.26. The molecule has 1 aliphatic rings. The highest BCUT2D eigenvalue weighted by molar-refractivity contribution is 7.18. The summed E-state index contributed by atoms with van der Waals surface area (Å²) >= 11 is 1.73. The maximum Gasteiger partial charge on any atom is 0.259 e. The van der Waals surface area contributed by atoms with Crippen LogP contribution >= 0.6 is 11.3 Å². The zero-order chi connectivity index (χ0) is 16.6. The van der Waals surface area contributed by atoms with Gasteiger partial charge in [-0.15, -0.1) is 11.3 Å². The van der Waals surface area contributed by atoms with Crippen molar-refractivity contribution >= 4 is 21.6 Å². The Kier molecular flexibility index (Phi) is 4.61. The SMILES string of the molecule is CCCNCc1nc2sc3c(c2c(=O)[nH]1)CCC(C(C)(C)C)C3. The van der Waals surface area contributed by atoms with E-state index in [2.05, 4.69) is 38.0 Å². The summed E-state index contributed by atoms with van der Waals surface area (Å²) in [6, 6.07) is 0. The number of rotatable bonds is 4. The van der Waals surface area contributed by atoms with Gasteiger partial charge in [0.15, 0.2) is 0 Å². The van der Waals surface area contributed by atoms with Gasteiger partial charge in [-0.25, -0.2) is 4.98 Å². The van der Waals surface area contributed by atoms with E-state index in [4.69, 9.17) is 4.98 Å². The fourth-order valence-electron chi connectivity index (χ4n) is 3.43. The molecule has 0 amide bonds. The first kappa shape index (κ1) is 16.7. The molecule has 0 saturated heterocycles. The highest BCUT2D eigenvalue weighted by atomic mass is 32.1. The number of nitrogens with one attached hydrogen (secondary N) is 2. The van der Waals surface area contributed by atoms with Crippen molar-refractivity contribution in [2.24, 2.45) is 11.3 Å². The molecule has 0 radical (unpaired) electrons. The standard InChI is InChI=1S/C18H27N3OS/c1-5-8-19-10-14-20-16(22)15-12-7-6-11(18(2,3)4)9-13(12)23-17(15)21-14/h11,19H,5-10H2,1-4H3,(H,20,21,22). The second-order valence-electron chi connectivity index (χ2n) is 7.68. The first-order valence-electron chi connectivity index (χ1n) is 8.64. The normalized spacial score (nSPS) is 18.3. The molecule has 2 aromatic rings. The van der Waals surface area contributed by atoms with Gasteiger partial charge in [-0.2, -0.15) is 0 Å². The summed E-state index contributed by atoms with van der Waals surface area (Å²) < 4.78 is 0. The lowest BCUT2D eigenvalue weighted by atomic mass is 9.72. The summed E-state index contributed by atoms with van der Waals surface area (Å²) in [6.45, 7) is 10.7. The summed E-state index contributed by atoms with van der Waals surface area (Å²) in [6.07, 6.45) is 4.34. The van der Waals surface area contributed by atoms with Crippen LogP contribution in [-0.4, -0.2) is 16.5 Å². The molecule has 2 aromatic heterocycles. The van der Waals surface area contributed by atoms with E-state index in [9.17, 15) is 4.79 Å². The van der Waals surface area contributed by atoms with E-state index < -0.39 is 0 Å². The quantitative estimate of drug-likeness (QED) is 0.840. The van der Waals surface area contributed by atoms with Crippen LogP contribution in [0.15, 0.2) is 4.79 Å². The third-order valence-corrected chi connectivity index (χ3v) is 6.06. The molecule has 2 heterocycles. The predicted molar refractivity (Wildman–Crippen MR) is 97.2 cm³/mol. The maximum absolute atomic E-state index is 12.5. The van der Waals surface area contributed by atoms with Gasteiger partial charge >= 0.3 is 0 Å². The number of nitrogens with zero attached hydrogens (tertiary/aromatic N) is 1. The Morgan fingerprint density at radius 1 is 1.39 bits per heavy atom. The lowest BCUT2D eigenvalue weighted by molar-refractivity contribution is 0.218. The summed E-state index contributed by atoms with van der Waals surface area (Å²) in [4.78, 5) is 22.5. The fourth-order valence-corrected chi connectivity index (χ4v) is 4.75. The predicted octanol–water partition coefficient (Wildman–Crippen LogP) is 3.64. The van der Waals surface area contributed by atoms with Crippen molar-refractivity contribution in [3.8, 4) is 0 Å². The zero-order valence-electron chi connectivity index (χ0n) is 14.6. The number of hydrogen-bond donors (Lipinski definition) is 2. The Morgan fingerprint density at radius 3 is 2.87 bits per heavy atom. The minimum Gasteiger partial charge on any atom is -0.310 e. The smallest absolute Gasteiger partial charge is 0.259 e. The van der Waals surface area contributed by atoms with Gasteiger partial charge in [0.1, 0.15) is 10.7 Å². The highest BCUT2D eigenvalue weighted by Crippen LogP contribution is 2.41. The minimum atomic E-state index is 0.0370. The Balaban J connectivity index is 1.94. The van der Waals surface area contributed by atoms with Crippen LogP contribution in [0.2, 0.25) is 0 Å². The van der Waals surface area contributed by atoms with Crippen LogP contribution in [0.3, 0.4) is 0 Å². The molecule has 5 heteroatoms.